The summed E-state index contributed by atoms with van der Waals surface area (Å²) >= 11 is 0. The van der Waals surface area contributed by atoms with Gasteiger partial charge in [-0.3, -0.25) is 0 Å². The van der Waals surface area contributed by atoms with Crippen molar-refractivity contribution in [2.75, 3.05) is 13.2 Å². The lowest BCUT2D eigenvalue weighted by Gasteiger charge is -2.10. The molecule has 0 saturated heterocycles. The number of hydrogen-bond acceptors (Lipinski definition) is 5. The molecule has 96 valence electrons. The Labute approximate surface area is 95.9 Å². The lowest BCUT2D eigenvalue weighted by Crippen LogP contribution is -2.41. The van der Waals surface area contributed by atoms with Crippen molar-refractivity contribution in [3.8, 4) is 0 Å². The van der Waals surface area contributed by atoms with Crippen LogP contribution in [0, 0.1) is 0 Å². The van der Waals surface area contributed by atoms with E-state index < -0.39 is 16.3 Å². The molecule has 7 nitrogen and oxygen atoms in total. The molecule has 0 aliphatic rings. The molecule has 0 saturated carbocycles. The molecule has 0 bridgehead atoms. The Morgan fingerprint density at radius 2 is 2.06 bits per heavy atom. The predicted octanol–water partition coefficient (Wildman–Crippen LogP) is -0.306. The minimum atomic E-state index is -3.84. The number of carbonyl (C=O) groups is 1. The molecule has 0 aromatic rings. The number of amides is 1. The van der Waals surface area contributed by atoms with E-state index in [9.17, 15) is 13.2 Å². The summed E-state index contributed by atoms with van der Waals surface area (Å²) in [6.07, 6.45) is 0.294. The maximum absolute atomic E-state index is 11.2. The lowest BCUT2D eigenvalue weighted by molar-refractivity contribution is 0.158. The third-order valence-corrected chi connectivity index (χ3v) is 2.84. The summed E-state index contributed by atoms with van der Waals surface area (Å²) in [6, 6.07) is -0.0507. The molecule has 0 aliphatic carbocycles. The van der Waals surface area contributed by atoms with Crippen LogP contribution in [-0.2, 0) is 14.9 Å². The molecule has 0 aliphatic heterocycles. The van der Waals surface area contributed by atoms with Crippen LogP contribution in [0.25, 0.3) is 0 Å². The third-order valence-electron chi connectivity index (χ3n) is 1.82. The van der Waals surface area contributed by atoms with Crippen LogP contribution in [0.3, 0.4) is 0 Å². The van der Waals surface area contributed by atoms with Gasteiger partial charge in [-0.25, -0.2) is 9.52 Å². The Hall–Kier alpha value is -0.860. The maximum Gasteiger partial charge on any atom is 0.421 e. The molecule has 0 rings (SSSR count). The van der Waals surface area contributed by atoms with Gasteiger partial charge in [0, 0.05) is 12.6 Å². The lowest BCUT2D eigenvalue weighted by atomic mass is 10.2. The van der Waals surface area contributed by atoms with Crippen LogP contribution in [0.4, 0.5) is 4.79 Å². The summed E-state index contributed by atoms with van der Waals surface area (Å²) in [7, 11) is -3.84. The molecule has 1 amide bonds. The van der Waals surface area contributed by atoms with Crippen LogP contribution in [0.5, 0.6) is 0 Å². The molecule has 16 heavy (non-hydrogen) atoms. The van der Waals surface area contributed by atoms with Gasteiger partial charge in [0.2, 0.25) is 0 Å². The Kier molecular flexibility index (Phi) is 7.02. The predicted molar refractivity (Wildman–Crippen MR) is 60.0 cm³/mol. The quantitative estimate of drug-likeness (QED) is 0.576. The van der Waals surface area contributed by atoms with E-state index in [1.807, 2.05) is 6.92 Å². The molecular weight excluding hydrogens is 234 g/mol. The SMILES string of the molecule is CCOC(=O)NS(=O)(=O)NCCC(N)CC. The van der Waals surface area contributed by atoms with Crippen LogP contribution in [-0.4, -0.2) is 33.7 Å². The second-order valence-corrected chi connectivity index (χ2v) is 4.68. The highest BCUT2D eigenvalue weighted by atomic mass is 32.2. The highest BCUT2D eigenvalue weighted by molar-refractivity contribution is 7.88. The number of nitrogens with two attached hydrogens (primary N) is 1. The van der Waals surface area contributed by atoms with Crippen molar-refractivity contribution in [2.45, 2.75) is 32.7 Å². The fourth-order valence-electron chi connectivity index (χ4n) is 0.889. The van der Waals surface area contributed by atoms with E-state index in [-0.39, 0.29) is 19.2 Å². The summed E-state index contributed by atoms with van der Waals surface area (Å²) in [5.41, 5.74) is 5.60. The topological polar surface area (TPSA) is 111 Å². The average Bonchev–Trinajstić information content (AvgIpc) is 2.16. The summed E-state index contributed by atoms with van der Waals surface area (Å²) < 4.78 is 30.8. The van der Waals surface area contributed by atoms with Gasteiger partial charge in [0.15, 0.2) is 0 Å². The molecule has 1 atom stereocenters. The van der Waals surface area contributed by atoms with Crippen molar-refractivity contribution in [3.05, 3.63) is 0 Å². The van der Waals surface area contributed by atoms with Gasteiger partial charge in [-0.05, 0) is 19.8 Å². The smallest absolute Gasteiger partial charge is 0.421 e. The van der Waals surface area contributed by atoms with E-state index in [0.29, 0.717) is 6.42 Å². The van der Waals surface area contributed by atoms with Gasteiger partial charge in [-0.2, -0.15) is 13.1 Å². The molecule has 0 fully saturated rings. The minimum Gasteiger partial charge on any atom is -0.449 e. The van der Waals surface area contributed by atoms with Crippen molar-refractivity contribution in [1.29, 1.82) is 0 Å². The Balaban J connectivity index is 3.92. The monoisotopic (exact) mass is 253 g/mol. The zero-order chi connectivity index (χ0) is 12.6. The molecule has 4 N–H and O–H groups in total. The molecule has 0 spiro atoms. The zero-order valence-corrected chi connectivity index (χ0v) is 10.3. The zero-order valence-electron chi connectivity index (χ0n) is 9.52. The van der Waals surface area contributed by atoms with Crippen molar-refractivity contribution >= 4 is 16.3 Å². The molecular formula is C8H19N3O4S. The maximum atomic E-state index is 11.2. The normalized spacial score (nSPS) is 13.2. The average molecular weight is 253 g/mol. The van der Waals surface area contributed by atoms with Gasteiger partial charge >= 0.3 is 16.3 Å². The number of hydrogen-bond donors (Lipinski definition) is 3. The van der Waals surface area contributed by atoms with Gasteiger partial charge in [0.1, 0.15) is 0 Å². The molecule has 0 aromatic heterocycles. The first kappa shape index (κ1) is 15.1. The second kappa shape index (κ2) is 7.42. The van der Waals surface area contributed by atoms with Crippen LogP contribution in [0.2, 0.25) is 0 Å². The highest BCUT2D eigenvalue weighted by Crippen LogP contribution is 1.92. The van der Waals surface area contributed by atoms with Crippen LogP contribution in [0.15, 0.2) is 0 Å². The third kappa shape index (κ3) is 7.43. The number of nitrogens with one attached hydrogen (secondary N) is 2. The van der Waals surface area contributed by atoms with Crippen molar-refractivity contribution in [2.24, 2.45) is 5.73 Å². The van der Waals surface area contributed by atoms with Crippen molar-refractivity contribution in [3.63, 3.8) is 0 Å². The fourth-order valence-corrected chi connectivity index (χ4v) is 1.63. The summed E-state index contributed by atoms with van der Waals surface area (Å²) in [5, 5.41) is 0. The second-order valence-electron chi connectivity index (χ2n) is 3.18. The van der Waals surface area contributed by atoms with Crippen LogP contribution < -0.4 is 15.2 Å². The molecule has 1 unspecified atom stereocenters. The van der Waals surface area contributed by atoms with Gasteiger partial charge < -0.3 is 10.5 Å². The first-order valence-corrected chi connectivity index (χ1v) is 6.59. The van der Waals surface area contributed by atoms with Crippen LogP contribution in [0.1, 0.15) is 26.7 Å². The molecule has 0 aromatic carbocycles. The van der Waals surface area contributed by atoms with Crippen LogP contribution >= 0.6 is 0 Å². The molecule has 0 radical (unpaired) electrons. The van der Waals surface area contributed by atoms with Gasteiger partial charge in [0.25, 0.3) is 0 Å². The summed E-state index contributed by atoms with van der Waals surface area (Å²) in [5.74, 6) is 0. The first-order valence-electron chi connectivity index (χ1n) is 5.11. The summed E-state index contributed by atoms with van der Waals surface area (Å²) in [6.45, 7) is 3.79. The molecule has 0 heterocycles. The van der Waals surface area contributed by atoms with Crippen molar-refractivity contribution < 1.29 is 17.9 Å². The Morgan fingerprint density at radius 1 is 1.44 bits per heavy atom. The molecule has 8 heteroatoms. The standard InChI is InChI=1S/C8H19N3O4S/c1-3-7(9)5-6-10-16(13,14)11-8(12)15-4-2/h7,10H,3-6,9H2,1-2H3,(H,11,12). The minimum absolute atomic E-state index is 0.0507. The van der Waals surface area contributed by atoms with Gasteiger partial charge in [0.05, 0.1) is 6.61 Å². The Morgan fingerprint density at radius 3 is 2.56 bits per heavy atom. The van der Waals surface area contributed by atoms with E-state index in [1.54, 1.807) is 11.6 Å². The van der Waals surface area contributed by atoms with E-state index in [1.165, 1.54) is 0 Å². The van der Waals surface area contributed by atoms with E-state index in [4.69, 9.17) is 5.73 Å². The van der Waals surface area contributed by atoms with E-state index >= 15 is 0 Å². The fraction of sp³-hybridized carbons (Fsp3) is 0.875. The number of ether oxygens (including phenoxy) is 1. The van der Waals surface area contributed by atoms with Gasteiger partial charge in [-0.1, -0.05) is 6.92 Å². The Bertz CT molecular complexity index is 304. The largest absolute Gasteiger partial charge is 0.449 e. The van der Waals surface area contributed by atoms with E-state index in [0.717, 1.165) is 6.42 Å². The number of rotatable bonds is 7. The summed E-state index contributed by atoms with van der Waals surface area (Å²) in [4.78, 5) is 10.8. The van der Waals surface area contributed by atoms with Gasteiger partial charge in [-0.15, -0.1) is 0 Å². The van der Waals surface area contributed by atoms with E-state index in [2.05, 4.69) is 9.46 Å². The highest BCUT2D eigenvalue weighted by Gasteiger charge is 2.14. The van der Waals surface area contributed by atoms with Crippen molar-refractivity contribution in [1.82, 2.24) is 9.44 Å². The number of carbonyl (C=O) groups excluding carboxylic acids is 1. The first-order chi connectivity index (χ1) is 7.41.